The topological polar surface area (TPSA) is 110 Å². The first-order chi connectivity index (χ1) is 22.2. The predicted molar refractivity (Wildman–Crippen MR) is 168 cm³/mol. The first-order valence-electron chi connectivity index (χ1n) is 14.4. The number of aromatic nitrogens is 3. The van der Waals surface area contributed by atoms with Crippen molar-refractivity contribution < 1.29 is 36.1 Å². The number of nitrogens with zero attached hydrogens (tertiary/aromatic N) is 3. The van der Waals surface area contributed by atoms with Crippen molar-refractivity contribution in [2.45, 2.75) is 37.8 Å². The van der Waals surface area contributed by atoms with Crippen molar-refractivity contribution in [1.29, 1.82) is 0 Å². The number of fused-ring (bicyclic) bond motifs is 1. The molecule has 3 heterocycles. The maximum absolute atomic E-state index is 14.9. The zero-order chi connectivity index (χ0) is 32.3. The van der Waals surface area contributed by atoms with Crippen LogP contribution in [0, 0.1) is 18.6 Å². The third-order valence-electron chi connectivity index (χ3n) is 7.46. The largest absolute Gasteiger partial charge is 0.454 e. The van der Waals surface area contributed by atoms with Gasteiger partial charge in [-0.2, -0.15) is 0 Å². The van der Waals surface area contributed by atoms with Crippen LogP contribution in [0.1, 0.15) is 34.9 Å². The quantitative estimate of drug-likeness (QED) is 0.160. The van der Waals surface area contributed by atoms with E-state index in [1.165, 1.54) is 22.9 Å². The maximum atomic E-state index is 14.9. The lowest BCUT2D eigenvalue weighted by Crippen LogP contribution is -2.23. The van der Waals surface area contributed by atoms with Gasteiger partial charge in [0.15, 0.2) is 17.3 Å². The van der Waals surface area contributed by atoms with Crippen LogP contribution in [-0.4, -0.2) is 35.5 Å². The molecule has 1 aliphatic heterocycles. The number of benzene rings is 3. The van der Waals surface area contributed by atoms with Crippen LogP contribution in [0.15, 0.2) is 101 Å². The number of pyridine rings is 1. The molecule has 0 radical (unpaired) electrons. The molecule has 1 unspecified atom stereocenters. The maximum Gasteiger partial charge on any atom is 0.286 e. The number of aryl methyl sites for hydroxylation is 1. The summed E-state index contributed by atoms with van der Waals surface area (Å²) in [5.41, 5.74) is 1.60. The van der Waals surface area contributed by atoms with Crippen molar-refractivity contribution >= 4 is 9.84 Å². The summed E-state index contributed by atoms with van der Waals surface area (Å²) in [6.45, 7) is 1.68. The van der Waals surface area contributed by atoms with Crippen LogP contribution in [0.25, 0.3) is 11.3 Å². The van der Waals surface area contributed by atoms with Crippen molar-refractivity contribution in [3.05, 3.63) is 135 Å². The van der Waals surface area contributed by atoms with Crippen LogP contribution in [0.4, 0.5) is 13.5 Å². The molecular formula is C34H30F3N3O6S. The number of halogens is 3. The molecule has 2 aromatic heterocycles. The summed E-state index contributed by atoms with van der Waals surface area (Å²) in [5.74, 6) is -0.702. The fraction of sp³-hybridized carbons (Fsp3) is 0.206. The third kappa shape index (κ3) is 7.69. The highest BCUT2D eigenvalue weighted by atomic mass is 32.2. The summed E-state index contributed by atoms with van der Waals surface area (Å²) < 4.78 is 74.2. The molecule has 9 nitrogen and oxygen atoms in total. The molecule has 0 saturated carbocycles. The molecule has 1 atom stereocenters. The highest BCUT2D eigenvalue weighted by molar-refractivity contribution is 7.91. The first kappa shape index (κ1) is 33.4. The van der Waals surface area contributed by atoms with Gasteiger partial charge in [-0.1, -0.05) is 54.6 Å². The zero-order valence-electron chi connectivity index (χ0n) is 25.1. The first-order valence-corrected chi connectivity index (χ1v) is 16.1. The van der Waals surface area contributed by atoms with Gasteiger partial charge in [0.1, 0.15) is 5.82 Å². The molecule has 3 aromatic carbocycles. The molecule has 0 spiro atoms. The van der Waals surface area contributed by atoms with Crippen LogP contribution in [-0.2, 0) is 27.7 Å². The second kappa shape index (κ2) is 14.2. The van der Waals surface area contributed by atoms with Crippen LogP contribution >= 0.6 is 0 Å². The van der Waals surface area contributed by atoms with Crippen LogP contribution in [0.3, 0.4) is 0 Å². The van der Waals surface area contributed by atoms with Gasteiger partial charge in [0.25, 0.3) is 5.56 Å². The summed E-state index contributed by atoms with van der Waals surface area (Å²) in [7, 11) is -4.05. The zero-order valence-corrected chi connectivity index (χ0v) is 26.0. The Labute approximate surface area is 268 Å². The molecule has 0 N–H and O–H groups in total. The van der Waals surface area contributed by atoms with Gasteiger partial charge in [-0.15, -0.1) is 0 Å². The third-order valence-corrected chi connectivity index (χ3v) is 8.97. The molecule has 0 bridgehead atoms. The average molecular weight is 666 g/mol. The van der Waals surface area contributed by atoms with Crippen LogP contribution in [0.5, 0.6) is 11.5 Å². The molecule has 47 heavy (non-hydrogen) atoms. The van der Waals surface area contributed by atoms with Crippen molar-refractivity contribution in [2.75, 3.05) is 12.5 Å². The van der Waals surface area contributed by atoms with Gasteiger partial charge < -0.3 is 18.8 Å². The van der Waals surface area contributed by atoms with E-state index in [4.69, 9.17) is 14.2 Å². The molecule has 0 amide bonds. The number of sulfone groups is 1. The SMILES string of the molecule is Cc1cc(-c2cc(F)c(=O)n(Cc3ccc4c(c3)OCO4)c2)nc(S(=O)(=O)CCC(OCc2ccccc2F)c2ccccc2)n1.F. The number of hydrogen-bond donors (Lipinski definition) is 0. The van der Waals surface area contributed by atoms with E-state index in [-0.39, 0.29) is 48.1 Å². The lowest BCUT2D eigenvalue weighted by molar-refractivity contribution is 0.0361. The predicted octanol–water partition coefficient (Wildman–Crippen LogP) is 5.94. The fourth-order valence-corrected chi connectivity index (χ4v) is 6.32. The molecular weight excluding hydrogens is 635 g/mol. The van der Waals surface area contributed by atoms with Gasteiger partial charge in [0.05, 0.1) is 30.7 Å². The normalized spacial score (nSPS) is 12.8. The molecule has 244 valence electrons. The Hall–Kier alpha value is -5.01. The minimum Gasteiger partial charge on any atom is -0.454 e. The molecule has 13 heteroatoms. The summed E-state index contributed by atoms with van der Waals surface area (Å²) in [6.07, 6.45) is 0.812. The van der Waals surface area contributed by atoms with E-state index in [2.05, 4.69) is 9.97 Å². The highest BCUT2D eigenvalue weighted by Gasteiger charge is 2.24. The summed E-state index contributed by atoms with van der Waals surface area (Å²) in [6, 6.07) is 23.0. The van der Waals surface area contributed by atoms with E-state index in [1.54, 1.807) is 43.3 Å². The summed E-state index contributed by atoms with van der Waals surface area (Å²) in [4.78, 5) is 21.1. The Bertz CT molecular complexity index is 2060. The minimum absolute atomic E-state index is 0. The van der Waals surface area contributed by atoms with E-state index in [9.17, 15) is 22.0 Å². The summed E-state index contributed by atoms with van der Waals surface area (Å²) >= 11 is 0. The van der Waals surface area contributed by atoms with E-state index in [1.807, 2.05) is 30.3 Å². The van der Waals surface area contributed by atoms with Gasteiger partial charge in [-0.05, 0) is 54.8 Å². The molecule has 0 fully saturated rings. The minimum atomic E-state index is -4.05. The van der Waals surface area contributed by atoms with Crippen molar-refractivity contribution in [3.8, 4) is 22.8 Å². The molecule has 0 aliphatic carbocycles. The van der Waals surface area contributed by atoms with E-state index in [0.29, 0.717) is 28.3 Å². The fourth-order valence-electron chi connectivity index (χ4n) is 5.09. The Morgan fingerprint density at radius 1 is 0.915 bits per heavy atom. The highest BCUT2D eigenvalue weighted by Crippen LogP contribution is 2.33. The monoisotopic (exact) mass is 665 g/mol. The standard InChI is InChI=1S/C34H29F2N3O6S.FH/c1-22-15-29(26-17-28(36)33(40)39(19-26)18-23-11-12-31-32(16-23)45-21-44-31)38-34(37-22)46(41,42)14-13-30(24-7-3-2-4-8-24)43-20-25-9-5-6-10-27(25)35;/h2-12,15-17,19,30H,13-14,18,20-21H2,1H3;1H. The lowest BCUT2D eigenvalue weighted by Gasteiger charge is -2.19. The molecule has 6 rings (SSSR count). The second-order valence-corrected chi connectivity index (χ2v) is 12.8. The number of rotatable bonds is 11. The summed E-state index contributed by atoms with van der Waals surface area (Å²) in [5, 5.41) is -0.433. The van der Waals surface area contributed by atoms with Crippen molar-refractivity contribution in [2.24, 2.45) is 0 Å². The van der Waals surface area contributed by atoms with Crippen LogP contribution < -0.4 is 15.0 Å². The van der Waals surface area contributed by atoms with Gasteiger partial charge in [0, 0.05) is 23.0 Å². The lowest BCUT2D eigenvalue weighted by atomic mass is 10.1. The number of hydrogen-bond acceptors (Lipinski definition) is 8. The Morgan fingerprint density at radius 2 is 1.66 bits per heavy atom. The van der Waals surface area contributed by atoms with Gasteiger partial charge >= 0.3 is 0 Å². The van der Waals surface area contributed by atoms with E-state index in [0.717, 1.165) is 11.6 Å². The van der Waals surface area contributed by atoms with Crippen molar-refractivity contribution in [1.82, 2.24) is 14.5 Å². The Kier molecular flexibility index (Phi) is 10.1. The Balaban J connectivity index is 0.00000433. The van der Waals surface area contributed by atoms with Gasteiger partial charge in [0.2, 0.25) is 21.8 Å². The molecule has 5 aromatic rings. The second-order valence-electron chi connectivity index (χ2n) is 10.8. The van der Waals surface area contributed by atoms with E-state index < -0.39 is 38.3 Å². The van der Waals surface area contributed by atoms with Gasteiger partial charge in [-0.3, -0.25) is 9.50 Å². The van der Waals surface area contributed by atoms with E-state index >= 15 is 0 Å². The van der Waals surface area contributed by atoms with Crippen molar-refractivity contribution in [3.63, 3.8) is 0 Å². The average Bonchev–Trinajstić information content (AvgIpc) is 3.52. The smallest absolute Gasteiger partial charge is 0.286 e. The Morgan fingerprint density at radius 3 is 2.45 bits per heavy atom. The molecule has 1 aliphatic rings. The molecule has 0 saturated heterocycles. The number of ether oxygens (including phenoxy) is 3. The van der Waals surface area contributed by atoms with Gasteiger partial charge in [-0.25, -0.2) is 27.2 Å². The van der Waals surface area contributed by atoms with Crippen LogP contribution in [0.2, 0.25) is 0 Å².